The number of amidine groups is 1. The molecule has 2 N–H and O–H groups in total. The van der Waals surface area contributed by atoms with Crippen molar-refractivity contribution < 1.29 is 4.79 Å². The van der Waals surface area contributed by atoms with E-state index in [4.69, 9.17) is 5.73 Å². The number of para-hydroxylation sites is 1. The molecule has 1 fully saturated rings. The summed E-state index contributed by atoms with van der Waals surface area (Å²) in [5.74, 6) is 0.0426. The fraction of sp³-hybridized carbons (Fsp3) is 0.222. The molecule has 1 aliphatic rings. The third-order valence-electron chi connectivity index (χ3n) is 6.79. The molecule has 0 saturated heterocycles. The van der Waals surface area contributed by atoms with Crippen LogP contribution in [0, 0.1) is 6.92 Å². The number of carbonyl (C=O) groups excluding carboxylic acids is 1. The Hall–Kier alpha value is -3.78. The highest BCUT2D eigenvalue weighted by Crippen LogP contribution is 2.46. The van der Waals surface area contributed by atoms with E-state index in [2.05, 4.69) is 36.7 Å². The smallest absolute Gasteiger partial charge is 0.264 e. The van der Waals surface area contributed by atoms with E-state index < -0.39 is 4.75 Å². The topological polar surface area (TPSA) is 98.5 Å². The molecule has 1 amide bonds. The van der Waals surface area contributed by atoms with Gasteiger partial charge < -0.3 is 5.73 Å². The Morgan fingerprint density at radius 2 is 1.77 bits per heavy atom. The molecule has 1 aliphatic carbocycles. The third kappa shape index (κ3) is 3.65. The van der Waals surface area contributed by atoms with E-state index in [1.54, 1.807) is 6.20 Å². The molecule has 0 atom stereocenters. The minimum Gasteiger partial charge on any atom is -0.383 e. The first-order valence-corrected chi connectivity index (χ1v) is 12.5. The van der Waals surface area contributed by atoms with Crippen molar-refractivity contribution in [2.45, 2.75) is 42.5 Å². The average Bonchev–Trinajstić information content (AvgIpc) is 3.53. The summed E-state index contributed by atoms with van der Waals surface area (Å²) in [6, 6.07) is 17.8. The van der Waals surface area contributed by atoms with Crippen molar-refractivity contribution in [1.82, 2.24) is 19.6 Å². The number of nitrogens with zero attached hydrogens (tertiary/aromatic N) is 5. The maximum absolute atomic E-state index is 13.6. The van der Waals surface area contributed by atoms with Gasteiger partial charge in [0.05, 0.1) is 5.52 Å². The van der Waals surface area contributed by atoms with Crippen molar-refractivity contribution >= 4 is 50.8 Å². The molecule has 0 unspecified atom stereocenters. The van der Waals surface area contributed by atoms with Crippen molar-refractivity contribution in [3.05, 3.63) is 78.1 Å². The molecular formula is C27H24N6OS. The van der Waals surface area contributed by atoms with Crippen molar-refractivity contribution in [3.63, 3.8) is 0 Å². The lowest BCUT2D eigenvalue weighted by atomic mass is 10.1. The van der Waals surface area contributed by atoms with E-state index in [0.717, 1.165) is 64.1 Å². The molecule has 0 radical (unpaired) electrons. The van der Waals surface area contributed by atoms with E-state index >= 15 is 0 Å². The number of rotatable bonds is 4. The summed E-state index contributed by atoms with van der Waals surface area (Å²) in [7, 11) is 0. The molecule has 3 aromatic heterocycles. The zero-order valence-electron chi connectivity index (χ0n) is 19.3. The van der Waals surface area contributed by atoms with Gasteiger partial charge in [0.15, 0.2) is 10.8 Å². The van der Waals surface area contributed by atoms with Gasteiger partial charge in [-0.05, 0) is 31.9 Å². The van der Waals surface area contributed by atoms with Crippen molar-refractivity contribution in [1.29, 1.82) is 0 Å². The van der Waals surface area contributed by atoms with Crippen LogP contribution in [-0.2, 0) is 4.79 Å². The van der Waals surface area contributed by atoms with Crippen LogP contribution in [0.5, 0.6) is 0 Å². The number of aryl methyl sites for hydroxylation is 1. The fourth-order valence-corrected chi connectivity index (χ4v) is 6.24. The summed E-state index contributed by atoms with van der Waals surface area (Å²) >= 11 is 1.47. The number of thioether (sulfide) groups is 1. The number of pyridine rings is 2. The Labute approximate surface area is 206 Å². The van der Waals surface area contributed by atoms with Crippen molar-refractivity contribution in [2.24, 2.45) is 10.7 Å². The van der Waals surface area contributed by atoms with E-state index in [-0.39, 0.29) is 11.7 Å². The number of fused-ring (bicyclic) bond motifs is 6. The van der Waals surface area contributed by atoms with Gasteiger partial charge >= 0.3 is 0 Å². The quantitative estimate of drug-likeness (QED) is 0.219. The molecule has 7 nitrogen and oxygen atoms in total. The summed E-state index contributed by atoms with van der Waals surface area (Å²) in [5, 5.41) is 12.9. The highest BCUT2D eigenvalue weighted by atomic mass is 32.2. The number of carbonyl (C=O) groups is 1. The van der Waals surface area contributed by atoms with Gasteiger partial charge in [0, 0.05) is 34.1 Å². The molecule has 6 rings (SSSR count). The summed E-state index contributed by atoms with van der Waals surface area (Å²) in [4.78, 5) is 22.3. The summed E-state index contributed by atoms with van der Waals surface area (Å²) in [6.45, 7) is 2.01. The SMILES string of the molecule is Cc1ccc(C(N)=NC(=O)C2(Sc3nnc4c5ccncc5c5ccccc5n34)CCCC2)cc1. The lowest BCUT2D eigenvalue weighted by Gasteiger charge is -2.23. The fourth-order valence-electron chi connectivity index (χ4n) is 4.91. The van der Waals surface area contributed by atoms with Gasteiger partial charge in [-0.3, -0.25) is 14.2 Å². The Bertz CT molecular complexity index is 1620. The van der Waals surface area contributed by atoms with Crippen molar-refractivity contribution in [3.8, 4) is 0 Å². The van der Waals surface area contributed by atoms with Crippen LogP contribution in [0.4, 0.5) is 0 Å². The second-order valence-electron chi connectivity index (χ2n) is 9.05. The lowest BCUT2D eigenvalue weighted by molar-refractivity contribution is -0.119. The average molecular weight is 481 g/mol. The van der Waals surface area contributed by atoms with Gasteiger partial charge in [-0.2, -0.15) is 4.99 Å². The summed E-state index contributed by atoms with van der Waals surface area (Å²) < 4.78 is 1.34. The molecule has 5 aromatic rings. The Kier molecular flexibility index (Phi) is 5.25. The van der Waals surface area contributed by atoms with Crippen LogP contribution in [0.3, 0.4) is 0 Å². The molecule has 3 heterocycles. The molecule has 0 aliphatic heterocycles. The molecule has 174 valence electrons. The lowest BCUT2D eigenvalue weighted by Crippen LogP contribution is -2.33. The van der Waals surface area contributed by atoms with Gasteiger partial charge in [0.2, 0.25) is 0 Å². The number of benzene rings is 2. The molecular weight excluding hydrogens is 456 g/mol. The first-order chi connectivity index (χ1) is 17.1. The molecule has 35 heavy (non-hydrogen) atoms. The predicted molar refractivity (Wildman–Crippen MR) is 140 cm³/mol. The minimum absolute atomic E-state index is 0.205. The Morgan fingerprint density at radius 3 is 2.57 bits per heavy atom. The minimum atomic E-state index is -0.716. The number of hydrogen-bond donors (Lipinski definition) is 1. The zero-order valence-corrected chi connectivity index (χ0v) is 20.1. The highest BCUT2D eigenvalue weighted by molar-refractivity contribution is 8.01. The zero-order chi connectivity index (χ0) is 24.0. The molecule has 0 spiro atoms. The van der Waals surface area contributed by atoms with E-state index in [1.807, 2.05) is 55.6 Å². The number of amides is 1. The standard InChI is InChI=1S/C27H24N6OS/c1-17-8-10-18(11-9-17)23(28)30-25(34)27(13-4-5-14-27)35-26-32-31-24-20-12-15-29-16-21(20)19-6-2-3-7-22(19)33(24)26/h2-3,6-12,15-16H,4-5,13-14H2,1H3,(H2,28,30,34). The number of nitrogens with two attached hydrogens (primary N) is 1. The third-order valence-corrected chi connectivity index (χ3v) is 8.21. The molecule has 1 saturated carbocycles. The first kappa shape index (κ1) is 21.7. The van der Waals surface area contributed by atoms with E-state index in [1.165, 1.54) is 11.8 Å². The molecule has 0 bridgehead atoms. The van der Waals surface area contributed by atoms with Crippen LogP contribution in [0.2, 0.25) is 0 Å². The van der Waals surface area contributed by atoms with Crippen LogP contribution in [0.1, 0.15) is 36.8 Å². The van der Waals surface area contributed by atoms with Crippen LogP contribution < -0.4 is 5.73 Å². The van der Waals surface area contributed by atoms with E-state index in [9.17, 15) is 4.79 Å². The van der Waals surface area contributed by atoms with E-state index in [0.29, 0.717) is 5.16 Å². The normalized spacial score (nSPS) is 15.9. The largest absolute Gasteiger partial charge is 0.383 e. The van der Waals surface area contributed by atoms with Gasteiger partial charge in [0.1, 0.15) is 10.6 Å². The maximum Gasteiger partial charge on any atom is 0.264 e. The Balaban J connectivity index is 1.46. The predicted octanol–water partition coefficient (Wildman–Crippen LogP) is 5.08. The van der Waals surface area contributed by atoms with Gasteiger partial charge in [-0.25, -0.2) is 0 Å². The van der Waals surface area contributed by atoms with Crippen LogP contribution in [0.25, 0.3) is 27.3 Å². The van der Waals surface area contributed by atoms with Gasteiger partial charge in [-0.1, -0.05) is 72.6 Å². The van der Waals surface area contributed by atoms with Gasteiger partial charge in [-0.15, -0.1) is 10.2 Å². The van der Waals surface area contributed by atoms with Crippen LogP contribution >= 0.6 is 11.8 Å². The molecule has 8 heteroatoms. The second-order valence-corrected chi connectivity index (χ2v) is 10.4. The maximum atomic E-state index is 13.6. The van der Waals surface area contributed by atoms with Gasteiger partial charge in [0.25, 0.3) is 5.91 Å². The number of aliphatic imine (C=N–C) groups is 1. The van der Waals surface area contributed by atoms with Crippen molar-refractivity contribution in [2.75, 3.05) is 0 Å². The summed E-state index contributed by atoms with van der Waals surface area (Å²) in [5.41, 5.74) is 9.88. The first-order valence-electron chi connectivity index (χ1n) is 11.7. The second kappa shape index (κ2) is 8.46. The summed E-state index contributed by atoms with van der Waals surface area (Å²) in [6.07, 6.45) is 7.01. The monoisotopic (exact) mass is 480 g/mol. The Morgan fingerprint density at radius 1 is 1.00 bits per heavy atom. The van der Waals surface area contributed by atoms with Crippen LogP contribution in [0.15, 0.2) is 77.1 Å². The van der Waals surface area contributed by atoms with Crippen LogP contribution in [-0.4, -0.2) is 36.1 Å². The number of hydrogen-bond acceptors (Lipinski definition) is 5. The molecule has 2 aromatic carbocycles. The highest BCUT2D eigenvalue weighted by Gasteiger charge is 2.44. The number of aromatic nitrogens is 4.